The molecule has 2 aromatic carbocycles. The average molecular weight is 348 g/mol. The van der Waals surface area contributed by atoms with E-state index in [1.807, 2.05) is 56.3 Å². The van der Waals surface area contributed by atoms with Crippen molar-refractivity contribution in [1.82, 2.24) is 10.2 Å². The first-order valence-electron chi connectivity index (χ1n) is 8.20. The molecule has 0 spiro atoms. The molecule has 1 heterocycles. The van der Waals surface area contributed by atoms with Crippen molar-refractivity contribution in [2.24, 2.45) is 0 Å². The van der Waals surface area contributed by atoms with Gasteiger partial charge in [-0.05, 0) is 49.2 Å². The van der Waals surface area contributed by atoms with E-state index >= 15 is 0 Å². The fourth-order valence-electron chi connectivity index (χ4n) is 2.60. The van der Waals surface area contributed by atoms with Crippen LogP contribution in [0.25, 0.3) is 0 Å². The fraction of sp³-hybridized carbons (Fsp3) is 0.150. The van der Waals surface area contributed by atoms with Gasteiger partial charge < -0.3 is 15.4 Å². The number of carbonyl (C=O) groups is 1. The molecule has 6 nitrogen and oxygen atoms in total. The van der Waals surface area contributed by atoms with Gasteiger partial charge in [-0.25, -0.2) is 0 Å². The molecular formula is C20H20N4O2. The molecule has 6 heteroatoms. The van der Waals surface area contributed by atoms with Gasteiger partial charge in [0, 0.05) is 5.69 Å². The second kappa shape index (κ2) is 7.65. The highest BCUT2D eigenvalue weighted by Crippen LogP contribution is 2.26. The molecule has 0 saturated carbocycles. The maximum atomic E-state index is 12.4. The Morgan fingerprint density at radius 3 is 2.31 bits per heavy atom. The van der Waals surface area contributed by atoms with Gasteiger partial charge in [-0.3, -0.25) is 4.79 Å². The van der Waals surface area contributed by atoms with Crippen LogP contribution in [0.1, 0.15) is 21.6 Å². The number of aromatic nitrogens is 2. The molecule has 26 heavy (non-hydrogen) atoms. The Morgan fingerprint density at radius 1 is 0.923 bits per heavy atom. The first kappa shape index (κ1) is 17.4. The van der Waals surface area contributed by atoms with E-state index in [1.54, 1.807) is 19.2 Å². The number of para-hydroxylation sites is 3. The number of aryl methyl sites for hydroxylation is 2. The Morgan fingerprint density at radius 2 is 1.65 bits per heavy atom. The van der Waals surface area contributed by atoms with Crippen LogP contribution < -0.4 is 15.4 Å². The van der Waals surface area contributed by atoms with Crippen molar-refractivity contribution in [3.8, 4) is 5.75 Å². The highest BCUT2D eigenvalue weighted by atomic mass is 16.5. The normalized spacial score (nSPS) is 10.3. The zero-order chi connectivity index (χ0) is 18.5. The summed E-state index contributed by atoms with van der Waals surface area (Å²) in [5, 5.41) is 14.1. The molecule has 0 atom stereocenters. The first-order valence-corrected chi connectivity index (χ1v) is 8.20. The zero-order valence-corrected chi connectivity index (χ0v) is 14.9. The summed E-state index contributed by atoms with van der Waals surface area (Å²) in [6.07, 6.45) is 0. The second-order valence-corrected chi connectivity index (χ2v) is 5.85. The van der Waals surface area contributed by atoms with Crippen LogP contribution in [0.2, 0.25) is 0 Å². The third kappa shape index (κ3) is 3.80. The number of rotatable bonds is 5. The van der Waals surface area contributed by atoms with Crippen LogP contribution in [0.5, 0.6) is 5.75 Å². The number of amides is 1. The molecular weight excluding hydrogens is 328 g/mol. The quantitative estimate of drug-likeness (QED) is 0.726. The van der Waals surface area contributed by atoms with Gasteiger partial charge in [0.2, 0.25) is 0 Å². The van der Waals surface area contributed by atoms with E-state index in [-0.39, 0.29) is 11.6 Å². The second-order valence-electron chi connectivity index (χ2n) is 5.85. The molecule has 0 unspecified atom stereocenters. The molecule has 0 saturated heterocycles. The highest BCUT2D eigenvalue weighted by Gasteiger charge is 2.12. The van der Waals surface area contributed by atoms with Crippen molar-refractivity contribution in [2.45, 2.75) is 13.8 Å². The Labute approximate surface area is 152 Å². The number of hydrogen-bond donors (Lipinski definition) is 2. The van der Waals surface area contributed by atoms with Crippen LogP contribution in [-0.2, 0) is 0 Å². The molecule has 1 aromatic heterocycles. The van der Waals surface area contributed by atoms with Gasteiger partial charge in [0.15, 0.2) is 11.5 Å². The van der Waals surface area contributed by atoms with Crippen molar-refractivity contribution in [3.63, 3.8) is 0 Å². The molecule has 0 aliphatic carbocycles. The fourth-order valence-corrected chi connectivity index (χ4v) is 2.60. The molecule has 0 aliphatic rings. The third-order valence-electron chi connectivity index (χ3n) is 3.99. The van der Waals surface area contributed by atoms with Crippen molar-refractivity contribution in [3.05, 3.63) is 71.4 Å². The van der Waals surface area contributed by atoms with E-state index in [4.69, 9.17) is 4.74 Å². The summed E-state index contributed by atoms with van der Waals surface area (Å²) in [6, 6.07) is 16.7. The van der Waals surface area contributed by atoms with Crippen molar-refractivity contribution in [1.29, 1.82) is 0 Å². The van der Waals surface area contributed by atoms with Crippen LogP contribution >= 0.6 is 0 Å². The van der Waals surface area contributed by atoms with Gasteiger partial charge in [0.05, 0.1) is 12.8 Å². The predicted octanol–water partition coefficient (Wildman–Crippen LogP) is 4.10. The van der Waals surface area contributed by atoms with E-state index in [1.165, 1.54) is 0 Å². The summed E-state index contributed by atoms with van der Waals surface area (Å²) < 4.78 is 5.29. The van der Waals surface area contributed by atoms with E-state index in [0.717, 1.165) is 22.5 Å². The summed E-state index contributed by atoms with van der Waals surface area (Å²) in [4.78, 5) is 12.4. The molecule has 2 N–H and O–H groups in total. The lowest BCUT2D eigenvalue weighted by atomic mass is 10.1. The third-order valence-corrected chi connectivity index (χ3v) is 3.99. The van der Waals surface area contributed by atoms with Crippen molar-refractivity contribution in [2.75, 3.05) is 17.7 Å². The minimum Gasteiger partial charge on any atom is -0.495 e. The maximum absolute atomic E-state index is 12.4. The van der Waals surface area contributed by atoms with Gasteiger partial charge in [0.1, 0.15) is 5.75 Å². The maximum Gasteiger partial charge on any atom is 0.276 e. The van der Waals surface area contributed by atoms with Crippen LogP contribution in [-0.4, -0.2) is 23.2 Å². The minimum atomic E-state index is -0.293. The summed E-state index contributed by atoms with van der Waals surface area (Å²) in [7, 11) is 1.60. The average Bonchev–Trinajstić information content (AvgIpc) is 2.66. The van der Waals surface area contributed by atoms with Crippen molar-refractivity contribution < 1.29 is 9.53 Å². The smallest absolute Gasteiger partial charge is 0.276 e. The molecule has 1 amide bonds. The van der Waals surface area contributed by atoms with E-state index in [0.29, 0.717) is 11.6 Å². The number of carbonyl (C=O) groups excluding carboxylic acids is 1. The summed E-state index contributed by atoms with van der Waals surface area (Å²) in [6.45, 7) is 3.91. The van der Waals surface area contributed by atoms with Gasteiger partial charge in [0.25, 0.3) is 5.91 Å². The number of methoxy groups -OCH3 is 1. The van der Waals surface area contributed by atoms with Crippen LogP contribution in [0.15, 0.2) is 54.6 Å². The monoisotopic (exact) mass is 348 g/mol. The number of anilines is 3. The van der Waals surface area contributed by atoms with Gasteiger partial charge in [-0.1, -0.05) is 30.3 Å². The molecule has 3 rings (SSSR count). The van der Waals surface area contributed by atoms with Crippen LogP contribution in [0.3, 0.4) is 0 Å². The number of ether oxygens (including phenoxy) is 1. The summed E-state index contributed by atoms with van der Waals surface area (Å²) in [5.41, 5.74) is 3.83. The van der Waals surface area contributed by atoms with E-state index < -0.39 is 0 Å². The molecule has 0 aliphatic heterocycles. The lowest BCUT2D eigenvalue weighted by molar-refractivity contribution is 0.102. The van der Waals surface area contributed by atoms with Gasteiger partial charge >= 0.3 is 0 Å². The van der Waals surface area contributed by atoms with Gasteiger partial charge in [-0.15, -0.1) is 10.2 Å². The van der Waals surface area contributed by atoms with Gasteiger partial charge in [-0.2, -0.15) is 0 Å². The zero-order valence-electron chi connectivity index (χ0n) is 14.9. The summed E-state index contributed by atoms with van der Waals surface area (Å²) >= 11 is 0. The Bertz CT molecular complexity index is 903. The van der Waals surface area contributed by atoms with Crippen LogP contribution in [0.4, 0.5) is 17.2 Å². The SMILES string of the molecule is COc1ccccc1Nc1ccc(C(=O)Nc2c(C)cccc2C)nn1. The highest BCUT2D eigenvalue weighted by molar-refractivity contribution is 6.03. The Hall–Kier alpha value is -3.41. The molecule has 0 radical (unpaired) electrons. The lowest BCUT2D eigenvalue weighted by Crippen LogP contribution is -2.16. The first-order chi connectivity index (χ1) is 12.6. The molecule has 3 aromatic rings. The van der Waals surface area contributed by atoms with Crippen LogP contribution in [0, 0.1) is 13.8 Å². The number of hydrogen-bond acceptors (Lipinski definition) is 5. The molecule has 0 bridgehead atoms. The Balaban J connectivity index is 1.74. The van der Waals surface area contributed by atoms with E-state index in [9.17, 15) is 4.79 Å². The number of nitrogens with one attached hydrogen (secondary N) is 2. The number of benzene rings is 2. The van der Waals surface area contributed by atoms with E-state index in [2.05, 4.69) is 20.8 Å². The largest absolute Gasteiger partial charge is 0.495 e. The standard InChI is InChI=1S/C20H20N4O2/c1-13-7-6-8-14(2)19(13)22-20(25)16-11-12-18(24-23-16)21-15-9-4-5-10-17(15)26-3/h4-12H,1-3H3,(H,21,24)(H,22,25). The predicted molar refractivity (Wildman–Crippen MR) is 102 cm³/mol. The number of nitrogens with zero attached hydrogens (tertiary/aromatic N) is 2. The minimum absolute atomic E-state index is 0.248. The van der Waals surface area contributed by atoms with Crippen molar-refractivity contribution >= 4 is 23.1 Å². The molecule has 0 fully saturated rings. The topological polar surface area (TPSA) is 76.1 Å². The Kier molecular flexibility index (Phi) is 5.12. The summed E-state index contributed by atoms with van der Waals surface area (Å²) in [5.74, 6) is 0.933. The lowest BCUT2D eigenvalue weighted by Gasteiger charge is -2.11. The molecule has 132 valence electrons.